The van der Waals surface area contributed by atoms with Crippen LogP contribution < -0.4 is 0 Å². The number of rotatable bonds is 4. The van der Waals surface area contributed by atoms with E-state index in [0.717, 1.165) is 6.07 Å². The monoisotopic (exact) mass is 322 g/mol. The van der Waals surface area contributed by atoms with Crippen LogP contribution in [0.1, 0.15) is 43.6 Å². The molecule has 1 heterocycles. The number of hydrogen-bond donors (Lipinski definition) is 2. The molecule has 2 N–H and O–H groups in total. The highest BCUT2D eigenvalue weighted by atomic mass is 19.1. The van der Waals surface area contributed by atoms with Crippen molar-refractivity contribution in [2.45, 2.75) is 38.9 Å². The molecule has 0 radical (unpaired) electrons. The summed E-state index contributed by atoms with van der Waals surface area (Å²) in [5.41, 5.74) is -0.589. The zero-order valence-electron chi connectivity index (χ0n) is 13.6. The first kappa shape index (κ1) is 17.7. The van der Waals surface area contributed by atoms with E-state index < -0.39 is 30.1 Å². The van der Waals surface area contributed by atoms with E-state index in [9.17, 15) is 14.3 Å². The van der Waals surface area contributed by atoms with Crippen molar-refractivity contribution in [1.29, 1.82) is 0 Å². The summed E-state index contributed by atoms with van der Waals surface area (Å²) in [6.07, 6.45) is 1.48. The maximum atomic E-state index is 13.5. The van der Waals surface area contributed by atoms with Crippen molar-refractivity contribution in [1.82, 2.24) is 0 Å². The number of benzene rings is 1. The quantitative estimate of drug-likeness (QED) is 0.833. The van der Waals surface area contributed by atoms with Crippen LogP contribution in [-0.4, -0.2) is 41.1 Å². The maximum Gasteiger partial charge on any atom is 0.492 e. The Morgan fingerprint density at radius 1 is 1.22 bits per heavy atom. The second-order valence-electron chi connectivity index (χ2n) is 6.54. The van der Waals surface area contributed by atoms with Gasteiger partial charge in [0.25, 0.3) is 0 Å². The van der Waals surface area contributed by atoms with E-state index in [0.29, 0.717) is 11.0 Å². The number of aliphatic hydroxyl groups is 1. The Morgan fingerprint density at radius 3 is 2.26 bits per heavy atom. The Morgan fingerprint density at radius 2 is 1.78 bits per heavy atom. The number of carboxylic acids is 1. The first-order chi connectivity index (χ1) is 10.6. The van der Waals surface area contributed by atoms with Gasteiger partial charge in [-0.1, -0.05) is 6.08 Å². The highest BCUT2D eigenvalue weighted by Gasteiger charge is 2.52. The second-order valence-corrected chi connectivity index (χ2v) is 6.54. The summed E-state index contributed by atoms with van der Waals surface area (Å²) >= 11 is 0. The molecule has 1 fully saturated rings. The Bertz CT molecular complexity index is 638. The third-order valence-electron chi connectivity index (χ3n) is 4.26. The van der Waals surface area contributed by atoms with E-state index in [1.165, 1.54) is 18.2 Å². The van der Waals surface area contributed by atoms with E-state index in [2.05, 4.69) is 0 Å². The minimum atomic E-state index is -1.22. The van der Waals surface area contributed by atoms with Gasteiger partial charge in [0.05, 0.1) is 23.4 Å². The Hall–Kier alpha value is -1.70. The summed E-state index contributed by atoms with van der Waals surface area (Å²) in [5, 5.41) is 18.6. The highest BCUT2D eigenvalue weighted by Crippen LogP contribution is 2.38. The molecule has 0 unspecified atom stereocenters. The van der Waals surface area contributed by atoms with Gasteiger partial charge in [0.2, 0.25) is 0 Å². The van der Waals surface area contributed by atoms with Crippen molar-refractivity contribution in [2.24, 2.45) is 0 Å². The van der Waals surface area contributed by atoms with Gasteiger partial charge in [-0.15, -0.1) is 0 Å². The Balaban J connectivity index is 2.35. The third-order valence-corrected chi connectivity index (χ3v) is 4.26. The molecule has 1 aromatic carbocycles. The van der Waals surface area contributed by atoms with Crippen LogP contribution in [0.5, 0.6) is 0 Å². The van der Waals surface area contributed by atoms with Crippen molar-refractivity contribution in [3.8, 4) is 0 Å². The van der Waals surface area contributed by atoms with Gasteiger partial charge in [-0.25, -0.2) is 9.18 Å². The van der Waals surface area contributed by atoms with Crippen LogP contribution in [0.2, 0.25) is 0 Å². The lowest BCUT2D eigenvalue weighted by atomic mass is 9.77. The van der Waals surface area contributed by atoms with Crippen LogP contribution >= 0.6 is 0 Å². The van der Waals surface area contributed by atoms with Crippen LogP contribution in [0.3, 0.4) is 0 Å². The highest BCUT2D eigenvalue weighted by molar-refractivity contribution is 6.55. The summed E-state index contributed by atoms with van der Waals surface area (Å²) in [7, 11) is -0.776. The first-order valence-electron chi connectivity index (χ1n) is 7.26. The number of aliphatic hydroxyl groups excluding tert-OH is 1. The van der Waals surface area contributed by atoms with Crippen molar-refractivity contribution in [3.63, 3.8) is 0 Å². The van der Waals surface area contributed by atoms with Crippen LogP contribution in [0.4, 0.5) is 4.39 Å². The lowest BCUT2D eigenvalue weighted by Gasteiger charge is -2.32. The Kier molecular flexibility index (Phi) is 4.66. The zero-order valence-corrected chi connectivity index (χ0v) is 13.6. The first-order valence-corrected chi connectivity index (χ1v) is 7.26. The zero-order chi connectivity index (χ0) is 17.4. The van der Waals surface area contributed by atoms with E-state index in [4.69, 9.17) is 14.4 Å². The summed E-state index contributed by atoms with van der Waals surface area (Å²) in [4.78, 5) is 11.0. The summed E-state index contributed by atoms with van der Waals surface area (Å²) in [5.74, 6) is -1.89. The molecule has 0 aliphatic carbocycles. The van der Waals surface area contributed by atoms with Crippen molar-refractivity contribution < 1.29 is 28.7 Å². The molecule has 0 saturated carbocycles. The van der Waals surface area contributed by atoms with Gasteiger partial charge < -0.3 is 19.5 Å². The van der Waals surface area contributed by atoms with Crippen molar-refractivity contribution >= 4 is 19.2 Å². The summed E-state index contributed by atoms with van der Waals surface area (Å²) < 4.78 is 25.2. The summed E-state index contributed by atoms with van der Waals surface area (Å²) in [6, 6.07) is 3.45. The van der Waals surface area contributed by atoms with Crippen LogP contribution in [0.15, 0.2) is 23.7 Å². The fourth-order valence-electron chi connectivity index (χ4n) is 2.22. The lowest BCUT2D eigenvalue weighted by Crippen LogP contribution is -2.41. The molecule has 5 nitrogen and oxygen atoms in total. The standard InChI is InChI=1S/C16H20BFO5/c1-15(2)16(3,4)23-17(22-15)12(9-19)6-10-5-11(14(20)21)8-13(18)7-10/h5-8,19H,9H2,1-4H3,(H,20,21). The molecule has 0 spiro atoms. The number of carbonyl (C=O) groups is 1. The van der Waals surface area contributed by atoms with E-state index >= 15 is 0 Å². The molecule has 0 aromatic heterocycles. The average molecular weight is 322 g/mol. The molecule has 0 bridgehead atoms. The van der Waals surface area contributed by atoms with Gasteiger partial charge in [-0.3, -0.25) is 0 Å². The SMILES string of the molecule is CC1(C)OB(C(=Cc2cc(F)cc(C(=O)O)c2)CO)OC1(C)C. The number of aromatic carboxylic acids is 1. The minimum Gasteiger partial charge on any atom is -0.478 e. The molecule has 23 heavy (non-hydrogen) atoms. The maximum absolute atomic E-state index is 13.5. The number of carboxylic acid groups (broad SMARTS) is 1. The Labute approximate surface area is 134 Å². The molecular weight excluding hydrogens is 302 g/mol. The van der Waals surface area contributed by atoms with Gasteiger partial charge in [-0.05, 0) is 56.9 Å². The largest absolute Gasteiger partial charge is 0.492 e. The molecule has 7 heteroatoms. The van der Waals surface area contributed by atoms with Gasteiger partial charge in [0, 0.05) is 0 Å². The normalized spacial score (nSPS) is 19.9. The number of halogens is 1. The fraction of sp³-hybridized carbons (Fsp3) is 0.438. The number of hydrogen-bond acceptors (Lipinski definition) is 4. The minimum absolute atomic E-state index is 0.164. The third kappa shape index (κ3) is 3.63. The predicted octanol–water partition coefficient (Wildman–Crippen LogP) is 2.53. The molecule has 0 atom stereocenters. The molecule has 1 aliphatic heterocycles. The van der Waals surface area contributed by atoms with Crippen molar-refractivity contribution in [3.05, 3.63) is 40.6 Å². The van der Waals surface area contributed by atoms with E-state index in [1.54, 1.807) is 0 Å². The molecular formula is C16H20BFO5. The van der Waals surface area contributed by atoms with Crippen LogP contribution in [-0.2, 0) is 9.31 Å². The average Bonchev–Trinajstić information content (AvgIpc) is 2.64. The van der Waals surface area contributed by atoms with Gasteiger partial charge in [0.1, 0.15) is 5.82 Å². The van der Waals surface area contributed by atoms with Gasteiger partial charge >= 0.3 is 13.1 Å². The second kappa shape index (κ2) is 6.07. The molecule has 1 saturated heterocycles. The molecule has 1 aromatic rings. The van der Waals surface area contributed by atoms with Crippen molar-refractivity contribution in [2.75, 3.05) is 6.61 Å². The fourth-order valence-corrected chi connectivity index (χ4v) is 2.22. The molecule has 1 aliphatic rings. The van der Waals surface area contributed by atoms with Crippen LogP contribution in [0.25, 0.3) is 6.08 Å². The van der Waals surface area contributed by atoms with E-state index in [1.807, 2.05) is 27.7 Å². The van der Waals surface area contributed by atoms with E-state index in [-0.39, 0.29) is 12.2 Å². The molecule has 2 rings (SSSR count). The molecule has 0 amide bonds. The molecule has 124 valence electrons. The van der Waals surface area contributed by atoms with Crippen LogP contribution in [0, 0.1) is 5.82 Å². The van der Waals surface area contributed by atoms with Gasteiger partial charge in [-0.2, -0.15) is 0 Å². The topological polar surface area (TPSA) is 76.0 Å². The van der Waals surface area contributed by atoms with Gasteiger partial charge in [0.15, 0.2) is 0 Å². The smallest absolute Gasteiger partial charge is 0.478 e. The lowest BCUT2D eigenvalue weighted by molar-refractivity contribution is 0.00578. The predicted molar refractivity (Wildman–Crippen MR) is 84.5 cm³/mol. The summed E-state index contributed by atoms with van der Waals surface area (Å²) in [6.45, 7) is 7.18.